The Labute approximate surface area is 153 Å². The van der Waals surface area contributed by atoms with Crippen LogP contribution in [-0.2, 0) is 13.0 Å². The van der Waals surface area contributed by atoms with Gasteiger partial charge in [0.1, 0.15) is 5.52 Å². The van der Waals surface area contributed by atoms with Crippen LogP contribution in [0, 0.1) is 16.4 Å². The molecule has 0 amide bonds. The minimum Gasteiger partial charge on any atom is -0.342 e. The van der Waals surface area contributed by atoms with Gasteiger partial charge in [-0.25, -0.2) is 4.98 Å². The average molecular weight is 474 g/mol. The lowest BCUT2D eigenvalue weighted by Gasteiger charge is -2.32. The van der Waals surface area contributed by atoms with Crippen LogP contribution in [0.3, 0.4) is 0 Å². The molecule has 0 bridgehead atoms. The maximum Gasteiger partial charge on any atom is 0.206 e. The summed E-state index contributed by atoms with van der Waals surface area (Å²) in [4.78, 5) is 7.61. The first-order valence-corrected chi connectivity index (χ1v) is 10.1. The predicted octanol–water partition coefficient (Wildman–Crippen LogP) is 4.89. The van der Waals surface area contributed by atoms with Crippen molar-refractivity contribution in [3.63, 3.8) is 0 Å². The van der Waals surface area contributed by atoms with Crippen molar-refractivity contribution in [1.29, 1.82) is 0 Å². The van der Waals surface area contributed by atoms with E-state index in [4.69, 9.17) is 4.98 Å². The molecule has 2 aliphatic rings. The van der Waals surface area contributed by atoms with Crippen LogP contribution in [0.4, 0.5) is 5.95 Å². The van der Waals surface area contributed by atoms with Gasteiger partial charge in [0.05, 0.1) is 9.09 Å². The Morgan fingerprint density at radius 3 is 2.86 bits per heavy atom. The number of imidazole rings is 1. The fourth-order valence-corrected chi connectivity index (χ4v) is 5.23. The molecule has 4 rings (SSSR count). The molecule has 2 aromatic rings. The lowest BCUT2D eigenvalue weighted by molar-refractivity contribution is 0.436. The third-order valence-corrected chi connectivity index (χ3v) is 7.95. The fourth-order valence-electron chi connectivity index (χ4n) is 4.02. The van der Waals surface area contributed by atoms with Crippen molar-refractivity contribution in [1.82, 2.24) is 9.55 Å². The summed E-state index contributed by atoms with van der Waals surface area (Å²) in [5.74, 6) is 1.98. The van der Waals surface area contributed by atoms with Crippen LogP contribution in [0.1, 0.15) is 37.3 Å². The normalized spacial score (nSPS) is 21.6. The van der Waals surface area contributed by atoms with Crippen LogP contribution in [0.15, 0.2) is 4.47 Å². The molecule has 3 heterocycles. The van der Waals surface area contributed by atoms with E-state index in [1.54, 1.807) is 0 Å². The van der Waals surface area contributed by atoms with E-state index in [2.05, 4.69) is 61.8 Å². The molecular formula is C17H21BrIN3. The van der Waals surface area contributed by atoms with Crippen molar-refractivity contribution < 1.29 is 0 Å². The summed E-state index contributed by atoms with van der Waals surface area (Å²) < 4.78 is 5.00. The standard InChI is InChI=1S/C17H21BrIN3/c1-10-5-3-7-21(9-10)17-20-15-14(19)13(18)11(2)12-6-4-8-22(17)16(12)15/h10H,3-9H2,1-2H3/t10-/m0/s1. The van der Waals surface area contributed by atoms with Gasteiger partial charge in [0.15, 0.2) is 0 Å². The van der Waals surface area contributed by atoms with Gasteiger partial charge in [0.2, 0.25) is 5.95 Å². The highest BCUT2D eigenvalue weighted by atomic mass is 127. The molecule has 0 radical (unpaired) electrons. The second-order valence-electron chi connectivity index (χ2n) is 6.79. The number of hydrogen-bond donors (Lipinski definition) is 0. The molecule has 2 aliphatic heterocycles. The number of aryl methyl sites for hydroxylation is 2. The molecule has 0 N–H and O–H groups in total. The maximum absolute atomic E-state index is 5.10. The van der Waals surface area contributed by atoms with Crippen molar-refractivity contribution in [2.24, 2.45) is 5.92 Å². The molecule has 22 heavy (non-hydrogen) atoms. The summed E-state index contributed by atoms with van der Waals surface area (Å²) in [7, 11) is 0. The van der Waals surface area contributed by atoms with Crippen LogP contribution < -0.4 is 4.90 Å². The second-order valence-corrected chi connectivity index (χ2v) is 8.66. The number of nitrogens with zero attached hydrogens (tertiary/aromatic N) is 3. The molecule has 5 heteroatoms. The Morgan fingerprint density at radius 2 is 2.09 bits per heavy atom. The molecule has 1 aromatic heterocycles. The van der Waals surface area contributed by atoms with E-state index >= 15 is 0 Å². The molecule has 1 atom stereocenters. The first-order chi connectivity index (χ1) is 10.6. The summed E-state index contributed by atoms with van der Waals surface area (Å²) in [5.41, 5.74) is 5.49. The van der Waals surface area contributed by atoms with E-state index < -0.39 is 0 Å². The van der Waals surface area contributed by atoms with Gasteiger partial charge < -0.3 is 9.47 Å². The van der Waals surface area contributed by atoms with Gasteiger partial charge in [-0.3, -0.25) is 0 Å². The van der Waals surface area contributed by atoms with Crippen LogP contribution in [0.2, 0.25) is 0 Å². The number of aromatic nitrogens is 2. The number of piperidine rings is 1. The molecule has 0 spiro atoms. The van der Waals surface area contributed by atoms with Crippen molar-refractivity contribution >= 4 is 55.5 Å². The van der Waals surface area contributed by atoms with E-state index in [-0.39, 0.29) is 0 Å². The van der Waals surface area contributed by atoms with Crippen molar-refractivity contribution in [2.75, 3.05) is 18.0 Å². The van der Waals surface area contributed by atoms with Crippen molar-refractivity contribution in [3.05, 3.63) is 19.2 Å². The fraction of sp³-hybridized carbons (Fsp3) is 0.588. The van der Waals surface area contributed by atoms with E-state index in [1.165, 1.54) is 61.8 Å². The molecule has 0 unspecified atom stereocenters. The Morgan fingerprint density at radius 1 is 1.27 bits per heavy atom. The van der Waals surface area contributed by atoms with Gasteiger partial charge in [-0.2, -0.15) is 0 Å². The number of halogens is 2. The first kappa shape index (κ1) is 15.2. The summed E-state index contributed by atoms with van der Waals surface area (Å²) in [6, 6.07) is 0. The van der Waals surface area contributed by atoms with Crippen LogP contribution in [0.25, 0.3) is 11.0 Å². The van der Waals surface area contributed by atoms with Crippen LogP contribution >= 0.6 is 38.5 Å². The summed E-state index contributed by atoms with van der Waals surface area (Å²) >= 11 is 6.23. The molecule has 1 saturated heterocycles. The van der Waals surface area contributed by atoms with Gasteiger partial charge >= 0.3 is 0 Å². The highest BCUT2D eigenvalue weighted by Gasteiger charge is 2.27. The highest BCUT2D eigenvalue weighted by molar-refractivity contribution is 14.1. The lowest BCUT2D eigenvalue weighted by atomic mass is 9.99. The average Bonchev–Trinajstić information content (AvgIpc) is 2.91. The van der Waals surface area contributed by atoms with Gasteiger partial charge in [-0.05, 0) is 88.2 Å². The molecule has 1 fully saturated rings. The number of benzene rings is 1. The zero-order valence-corrected chi connectivity index (χ0v) is 16.9. The number of rotatable bonds is 1. The monoisotopic (exact) mass is 473 g/mol. The third kappa shape index (κ3) is 2.22. The smallest absolute Gasteiger partial charge is 0.206 e. The summed E-state index contributed by atoms with van der Waals surface area (Å²) in [5, 5.41) is 0. The Hall–Kier alpha value is -0.300. The first-order valence-electron chi connectivity index (χ1n) is 8.19. The van der Waals surface area contributed by atoms with Crippen molar-refractivity contribution in [3.8, 4) is 0 Å². The maximum atomic E-state index is 5.10. The zero-order valence-electron chi connectivity index (χ0n) is 13.1. The van der Waals surface area contributed by atoms with E-state index in [0.717, 1.165) is 25.6 Å². The van der Waals surface area contributed by atoms with Gasteiger partial charge in [0.25, 0.3) is 0 Å². The molecule has 0 saturated carbocycles. The summed E-state index contributed by atoms with van der Waals surface area (Å²) in [6.07, 6.45) is 5.04. The molecule has 3 nitrogen and oxygen atoms in total. The third-order valence-electron chi connectivity index (χ3n) is 5.16. The van der Waals surface area contributed by atoms with Gasteiger partial charge in [-0.1, -0.05) is 6.92 Å². The van der Waals surface area contributed by atoms with Crippen LogP contribution in [0.5, 0.6) is 0 Å². The van der Waals surface area contributed by atoms with Crippen LogP contribution in [-0.4, -0.2) is 22.6 Å². The number of hydrogen-bond acceptors (Lipinski definition) is 2. The zero-order chi connectivity index (χ0) is 15.4. The second kappa shape index (κ2) is 5.65. The van der Waals surface area contributed by atoms with Gasteiger partial charge in [-0.15, -0.1) is 0 Å². The minimum atomic E-state index is 0.775. The largest absolute Gasteiger partial charge is 0.342 e. The van der Waals surface area contributed by atoms with E-state index in [9.17, 15) is 0 Å². The minimum absolute atomic E-state index is 0.775. The highest BCUT2D eigenvalue weighted by Crippen LogP contribution is 2.40. The Kier molecular flexibility index (Phi) is 3.92. The Bertz CT molecular complexity index is 752. The summed E-state index contributed by atoms with van der Waals surface area (Å²) in [6.45, 7) is 8.02. The van der Waals surface area contributed by atoms with Gasteiger partial charge in [0, 0.05) is 24.1 Å². The van der Waals surface area contributed by atoms with E-state index in [1.807, 2.05) is 0 Å². The Balaban J connectivity index is 1.95. The molecule has 1 aromatic carbocycles. The SMILES string of the molecule is Cc1c(Br)c(I)c2nc(N3CCC[C@H](C)C3)n3c2c1CCC3. The molecule has 118 valence electrons. The lowest BCUT2D eigenvalue weighted by Crippen LogP contribution is -2.36. The quantitative estimate of drug-likeness (QED) is 0.549. The molecular weight excluding hydrogens is 453 g/mol. The molecule has 0 aliphatic carbocycles. The van der Waals surface area contributed by atoms with E-state index in [0.29, 0.717) is 0 Å². The van der Waals surface area contributed by atoms with Crippen molar-refractivity contribution in [2.45, 2.75) is 46.1 Å². The topological polar surface area (TPSA) is 21.1 Å². The predicted molar refractivity (Wildman–Crippen MR) is 104 cm³/mol. The number of anilines is 1.